The first-order valence-electron chi connectivity index (χ1n) is 12.1. The number of nitriles is 1. The fraction of sp³-hybridized carbons (Fsp3) is 0.188. The van der Waals surface area contributed by atoms with Gasteiger partial charge in [-0.25, -0.2) is 0 Å². The molecular formula is C32H29NO3. The van der Waals surface area contributed by atoms with Gasteiger partial charge in [-0.1, -0.05) is 78.9 Å². The topological polar surface area (TPSA) is 59.3 Å². The molecule has 180 valence electrons. The Morgan fingerprint density at radius 1 is 0.806 bits per heavy atom. The Morgan fingerprint density at radius 2 is 1.53 bits per heavy atom. The third-order valence-electron chi connectivity index (χ3n) is 6.25. The number of benzene rings is 4. The van der Waals surface area contributed by atoms with Crippen molar-refractivity contribution in [3.8, 4) is 22.9 Å². The van der Waals surface area contributed by atoms with Gasteiger partial charge in [-0.15, -0.1) is 0 Å². The Kier molecular flexibility index (Phi) is 8.51. The number of hydrogen-bond acceptors (Lipinski definition) is 4. The number of ether oxygens (including phenoxy) is 2. The van der Waals surface area contributed by atoms with E-state index in [1.54, 1.807) is 6.07 Å². The molecule has 4 heteroatoms. The largest absolute Gasteiger partial charge is 0.489 e. The minimum Gasteiger partial charge on any atom is -0.489 e. The summed E-state index contributed by atoms with van der Waals surface area (Å²) in [6.45, 7) is 0.521. The molecule has 0 aliphatic rings. The monoisotopic (exact) mass is 475 g/mol. The van der Waals surface area contributed by atoms with Crippen LogP contribution in [0.3, 0.4) is 0 Å². The number of carbonyl (C=O) groups is 1. The molecule has 4 aromatic carbocycles. The van der Waals surface area contributed by atoms with Gasteiger partial charge in [-0.2, -0.15) is 5.26 Å². The summed E-state index contributed by atoms with van der Waals surface area (Å²) in [5.74, 6) is 0.389. The summed E-state index contributed by atoms with van der Waals surface area (Å²) in [5, 5.41) is 9.13. The highest BCUT2D eigenvalue weighted by atomic mass is 16.5. The van der Waals surface area contributed by atoms with Crippen molar-refractivity contribution in [2.45, 2.75) is 25.9 Å². The van der Waals surface area contributed by atoms with Crippen molar-refractivity contribution < 1.29 is 14.3 Å². The van der Waals surface area contributed by atoms with Crippen molar-refractivity contribution in [3.05, 3.63) is 125 Å². The fourth-order valence-electron chi connectivity index (χ4n) is 4.19. The quantitative estimate of drug-likeness (QED) is 0.238. The van der Waals surface area contributed by atoms with E-state index < -0.39 is 0 Å². The number of carbonyl (C=O) groups excluding carboxylic acids is 1. The lowest BCUT2D eigenvalue weighted by Gasteiger charge is -2.15. The molecule has 1 atom stereocenters. The Morgan fingerprint density at radius 3 is 2.22 bits per heavy atom. The molecule has 0 N–H and O–H groups in total. The van der Waals surface area contributed by atoms with E-state index in [0.717, 1.165) is 40.0 Å². The zero-order valence-corrected chi connectivity index (χ0v) is 20.4. The van der Waals surface area contributed by atoms with E-state index in [4.69, 9.17) is 14.7 Å². The lowest BCUT2D eigenvalue weighted by Crippen LogP contribution is -2.19. The molecule has 0 aliphatic heterocycles. The van der Waals surface area contributed by atoms with Gasteiger partial charge in [0.05, 0.1) is 24.7 Å². The summed E-state index contributed by atoms with van der Waals surface area (Å²) >= 11 is 0. The Balaban J connectivity index is 1.34. The normalized spacial score (nSPS) is 11.3. The van der Waals surface area contributed by atoms with Crippen LogP contribution in [0.4, 0.5) is 0 Å². The van der Waals surface area contributed by atoms with Crippen molar-refractivity contribution in [3.63, 3.8) is 0 Å². The second kappa shape index (κ2) is 12.4. The maximum atomic E-state index is 12.5. The van der Waals surface area contributed by atoms with Crippen LogP contribution in [0.5, 0.6) is 5.75 Å². The number of hydrogen-bond donors (Lipinski definition) is 0. The van der Waals surface area contributed by atoms with E-state index in [-0.39, 0.29) is 11.9 Å². The van der Waals surface area contributed by atoms with E-state index in [1.807, 2.05) is 72.8 Å². The summed E-state index contributed by atoms with van der Waals surface area (Å²) in [6.07, 6.45) is 2.09. The molecule has 0 radical (unpaired) electrons. The standard InChI is InChI=1S/C32H29NO3/c1-35-32(34)30(20-25-13-18-31(19-14-25)36-23-26-6-3-2-4-7-26)17-12-24-10-15-28(16-11-24)29-9-5-8-27(21-29)22-33/h2-11,13-16,18-19,21,30H,12,17,20,23H2,1H3. The van der Waals surface area contributed by atoms with E-state index in [0.29, 0.717) is 25.0 Å². The fourth-order valence-corrected chi connectivity index (χ4v) is 4.19. The van der Waals surface area contributed by atoms with Crippen molar-refractivity contribution in [1.29, 1.82) is 5.26 Å². The third kappa shape index (κ3) is 6.84. The first kappa shape index (κ1) is 24.8. The van der Waals surface area contributed by atoms with Gasteiger partial charge in [-0.05, 0) is 71.3 Å². The third-order valence-corrected chi connectivity index (χ3v) is 6.25. The highest BCUT2D eigenvalue weighted by molar-refractivity contribution is 5.72. The van der Waals surface area contributed by atoms with Crippen LogP contribution in [-0.2, 0) is 29.0 Å². The van der Waals surface area contributed by atoms with Gasteiger partial charge in [0.25, 0.3) is 0 Å². The minimum atomic E-state index is -0.224. The average Bonchev–Trinajstić information content (AvgIpc) is 2.95. The van der Waals surface area contributed by atoms with Crippen molar-refractivity contribution in [1.82, 2.24) is 0 Å². The molecule has 1 unspecified atom stereocenters. The zero-order valence-electron chi connectivity index (χ0n) is 20.4. The van der Waals surface area contributed by atoms with E-state index in [2.05, 4.69) is 30.3 Å². The van der Waals surface area contributed by atoms with E-state index in [9.17, 15) is 4.79 Å². The lowest BCUT2D eigenvalue weighted by molar-refractivity contribution is -0.145. The number of nitrogens with zero attached hydrogens (tertiary/aromatic N) is 1. The predicted octanol–water partition coefficient (Wildman–Crippen LogP) is 6.77. The highest BCUT2D eigenvalue weighted by Crippen LogP contribution is 2.23. The van der Waals surface area contributed by atoms with Crippen LogP contribution in [0.15, 0.2) is 103 Å². The van der Waals surface area contributed by atoms with Gasteiger partial charge >= 0.3 is 5.97 Å². The molecule has 0 amide bonds. The molecule has 0 heterocycles. The molecule has 4 nitrogen and oxygen atoms in total. The van der Waals surface area contributed by atoms with Crippen LogP contribution >= 0.6 is 0 Å². The second-order valence-corrected chi connectivity index (χ2v) is 8.77. The number of rotatable bonds is 10. The van der Waals surface area contributed by atoms with Gasteiger partial charge in [0.15, 0.2) is 0 Å². The number of aryl methyl sites for hydroxylation is 1. The average molecular weight is 476 g/mol. The maximum absolute atomic E-state index is 12.5. The van der Waals surface area contributed by atoms with Gasteiger partial charge in [-0.3, -0.25) is 4.79 Å². The molecule has 0 saturated heterocycles. The van der Waals surface area contributed by atoms with Gasteiger partial charge < -0.3 is 9.47 Å². The summed E-state index contributed by atoms with van der Waals surface area (Å²) in [4.78, 5) is 12.5. The van der Waals surface area contributed by atoms with E-state index in [1.165, 1.54) is 7.11 Å². The first-order chi connectivity index (χ1) is 17.6. The maximum Gasteiger partial charge on any atom is 0.309 e. The molecule has 0 aromatic heterocycles. The number of methoxy groups -OCH3 is 1. The van der Waals surface area contributed by atoms with Gasteiger partial charge in [0.1, 0.15) is 12.4 Å². The zero-order chi connectivity index (χ0) is 25.2. The summed E-state index contributed by atoms with van der Waals surface area (Å²) in [6, 6.07) is 36.1. The van der Waals surface area contributed by atoms with E-state index >= 15 is 0 Å². The smallest absolute Gasteiger partial charge is 0.309 e. The molecule has 0 bridgehead atoms. The van der Waals surface area contributed by atoms with Crippen LogP contribution in [0.1, 0.15) is 28.7 Å². The Hall–Kier alpha value is -4.36. The molecule has 0 fully saturated rings. The van der Waals surface area contributed by atoms with Crippen molar-refractivity contribution >= 4 is 5.97 Å². The Bertz CT molecular complexity index is 1310. The van der Waals surface area contributed by atoms with Crippen LogP contribution in [0, 0.1) is 17.2 Å². The van der Waals surface area contributed by atoms with Gasteiger partial charge in [0.2, 0.25) is 0 Å². The molecule has 0 saturated carbocycles. The summed E-state index contributed by atoms with van der Waals surface area (Å²) in [7, 11) is 1.44. The second-order valence-electron chi connectivity index (χ2n) is 8.77. The molecule has 4 rings (SSSR count). The van der Waals surface area contributed by atoms with Crippen molar-refractivity contribution in [2.24, 2.45) is 5.92 Å². The van der Waals surface area contributed by atoms with Crippen molar-refractivity contribution in [2.75, 3.05) is 7.11 Å². The predicted molar refractivity (Wildman–Crippen MR) is 141 cm³/mol. The molecule has 36 heavy (non-hydrogen) atoms. The van der Waals surface area contributed by atoms with Crippen LogP contribution in [-0.4, -0.2) is 13.1 Å². The summed E-state index contributed by atoms with van der Waals surface area (Å²) < 4.78 is 11.0. The van der Waals surface area contributed by atoms with Crippen LogP contribution < -0.4 is 4.74 Å². The van der Waals surface area contributed by atoms with Crippen LogP contribution in [0.25, 0.3) is 11.1 Å². The van der Waals surface area contributed by atoms with Crippen LogP contribution in [0.2, 0.25) is 0 Å². The molecule has 4 aromatic rings. The SMILES string of the molecule is COC(=O)C(CCc1ccc(-c2cccc(C#N)c2)cc1)Cc1ccc(OCc2ccccc2)cc1. The highest BCUT2D eigenvalue weighted by Gasteiger charge is 2.20. The molecule has 0 aliphatic carbocycles. The Labute approximate surface area is 212 Å². The van der Waals surface area contributed by atoms with Gasteiger partial charge in [0, 0.05) is 0 Å². The lowest BCUT2D eigenvalue weighted by atomic mass is 9.92. The summed E-state index contributed by atoms with van der Waals surface area (Å²) in [5.41, 5.74) is 6.09. The molecule has 0 spiro atoms. The number of esters is 1. The first-order valence-corrected chi connectivity index (χ1v) is 12.1. The minimum absolute atomic E-state index is 0.190. The molecular weight excluding hydrogens is 446 g/mol.